The summed E-state index contributed by atoms with van der Waals surface area (Å²) < 4.78 is 5.20. The van der Waals surface area contributed by atoms with Crippen LogP contribution in [0.4, 0.5) is 0 Å². The van der Waals surface area contributed by atoms with Crippen LogP contribution in [-0.2, 0) is 5.41 Å². The molecule has 2 aromatic carbocycles. The minimum absolute atomic E-state index is 0.0308. The number of rotatable bonds is 4. The summed E-state index contributed by atoms with van der Waals surface area (Å²) in [4.78, 5) is 0.0308. The highest BCUT2D eigenvalue weighted by atomic mass is 79.9. The van der Waals surface area contributed by atoms with Gasteiger partial charge in [-0.25, -0.2) is 0 Å². The first-order valence-corrected chi connectivity index (χ1v) is 8.27. The van der Waals surface area contributed by atoms with Gasteiger partial charge in [0, 0.05) is 16.5 Å². The van der Waals surface area contributed by atoms with Crippen molar-refractivity contribution in [3.63, 3.8) is 0 Å². The van der Waals surface area contributed by atoms with Crippen molar-refractivity contribution in [2.45, 2.75) is 24.1 Å². The topological polar surface area (TPSA) is 9.23 Å². The monoisotopic (exact) mass is 386 g/mol. The van der Waals surface area contributed by atoms with Crippen LogP contribution in [0.3, 0.4) is 0 Å². The van der Waals surface area contributed by atoms with Gasteiger partial charge in [-0.05, 0) is 17.2 Å². The molecule has 0 heterocycles. The Labute approximate surface area is 144 Å². The Hall–Kier alpha value is -0.700. The molecule has 0 saturated carbocycles. The zero-order valence-electron chi connectivity index (χ0n) is 12.2. The van der Waals surface area contributed by atoms with E-state index in [4.69, 9.17) is 27.9 Å². The van der Waals surface area contributed by atoms with Gasteiger partial charge < -0.3 is 4.74 Å². The molecule has 2 aromatic rings. The van der Waals surface area contributed by atoms with Gasteiger partial charge in [0.05, 0.1) is 17.0 Å². The third-order valence-corrected chi connectivity index (χ3v) is 5.96. The Morgan fingerprint density at radius 2 is 1.67 bits per heavy atom. The average Bonchev–Trinajstić information content (AvgIpc) is 2.49. The van der Waals surface area contributed by atoms with Crippen LogP contribution in [0.5, 0.6) is 5.75 Å². The van der Waals surface area contributed by atoms with Crippen LogP contribution in [0.1, 0.15) is 29.8 Å². The standard InChI is InChI=1S/C17H17BrCl2O/c1-17(2,11-7-5-4-6-8-11)16(18)12-9-14(20)15(21-3)10-13(12)19/h4-10,16H,1-3H3. The predicted molar refractivity (Wildman–Crippen MR) is 94.2 cm³/mol. The lowest BCUT2D eigenvalue weighted by atomic mass is 9.79. The van der Waals surface area contributed by atoms with E-state index in [1.165, 1.54) is 5.56 Å². The van der Waals surface area contributed by atoms with Gasteiger partial charge in [-0.2, -0.15) is 0 Å². The summed E-state index contributed by atoms with van der Waals surface area (Å²) in [6, 6.07) is 14.0. The van der Waals surface area contributed by atoms with Crippen molar-refractivity contribution in [1.29, 1.82) is 0 Å². The summed E-state index contributed by atoms with van der Waals surface area (Å²) in [5.41, 5.74) is 2.05. The summed E-state index contributed by atoms with van der Waals surface area (Å²) >= 11 is 16.4. The van der Waals surface area contributed by atoms with Gasteiger partial charge in [-0.3, -0.25) is 0 Å². The fourth-order valence-electron chi connectivity index (χ4n) is 2.30. The lowest BCUT2D eigenvalue weighted by molar-refractivity contribution is 0.414. The summed E-state index contributed by atoms with van der Waals surface area (Å²) in [6.07, 6.45) is 0. The lowest BCUT2D eigenvalue weighted by Crippen LogP contribution is -2.23. The third kappa shape index (κ3) is 3.39. The SMILES string of the molecule is COc1cc(Cl)c(C(Br)C(C)(C)c2ccccc2)cc1Cl. The van der Waals surface area contributed by atoms with Crippen molar-refractivity contribution in [3.05, 3.63) is 63.6 Å². The second-order valence-corrected chi connectivity index (χ2v) is 7.19. The number of hydrogen-bond donors (Lipinski definition) is 0. The maximum atomic E-state index is 6.40. The Kier molecular flexibility index (Phi) is 5.24. The van der Waals surface area contributed by atoms with Crippen LogP contribution in [-0.4, -0.2) is 7.11 Å². The van der Waals surface area contributed by atoms with Gasteiger partial charge in [0.2, 0.25) is 0 Å². The molecule has 2 rings (SSSR count). The minimum Gasteiger partial charge on any atom is -0.495 e. The highest BCUT2D eigenvalue weighted by Crippen LogP contribution is 2.47. The van der Waals surface area contributed by atoms with Gasteiger partial charge in [-0.1, -0.05) is 83.3 Å². The minimum atomic E-state index is -0.136. The van der Waals surface area contributed by atoms with E-state index in [0.717, 1.165) is 5.56 Å². The molecular weight excluding hydrogens is 371 g/mol. The molecule has 0 bridgehead atoms. The number of ether oxygens (including phenoxy) is 1. The van der Waals surface area contributed by atoms with Crippen LogP contribution < -0.4 is 4.74 Å². The quantitative estimate of drug-likeness (QED) is 0.550. The van der Waals surface area contributed by atoms with E-state index in [2.05, 4.69) is 41.9 Å². The van der Waals surface area contributed by atoms with Crippen LogP contribution in [0.25, 0.3) is 0 Å². The Balaban J connectivity index is 2.44. The summed E-state index contributed by atoms with van der Waals surface area (Å²) in [5.74, 6) is 0.586. The molecule has 0 aromatic heterocycles. The number of benzene rings is 2. The van der Waals surface area contributed by atoms with Crippen molar-refractivity contribution >= 4 is 39.1 Å². The molecule has 0 fully saturated rings. The molecule has 0 amide bonds. The van der Waals surface area contributed by atoms with E-state index in [0.29, 0.717) is 15.8 Å². The van der Waals surface area contributed by atoms with Crippen LogP contribution in [0.15, 0.2) is 42.5 Å². The van der Waals surface area contributed by atoms with Crippen LogP contribution >= 0.6 is 39.1 Å². The van der Waals surface area contributed by atoms with Crippen molar-refractivity contribution in [2.24, 2.45) is 0 Å². The first-order valence-electron chi connectivity index (χ1n) is 6.60. The zero-order valence-corrected chi connectivity index (χ0v) is 15.3. The Morgan fingerprint density at radius 3 is 2.24 bits per heavy atom. The summed E-state index contributed by atoms with van der Waals surface area (Å²) in [5, 5.41) is 1.20. The predicted octanol–water partition coefficient (Wildman–Crippen LogP) is 6.42. The van der Waals surface area contributed by atoms with Crippen molar-refractivity contribution in [2.75, 3.05) is 7.11 Å². The van der Waals surface area contributed by atoms with E-state index < -0.39 is 0 Å². The average molecular weight is 388 g/mol. The molecule has 21 heavy (non-hydrogen) atoms. The van der Waals surface area contributed by atoms with Crippen molar-refractivity contribution < 1.29 is 4.74 Å². The highest BCUT2D eigenvalue weighted by molar-refractivity contribution is 9.09. The number of methoxy groups -OCH3 is 1. The van der Waals surface area contributed by atoms with E-state index in [9.17, 15) is 0 Å². The molecule has 0 N–H and O–H groups in total. The normalized spacial score (nSPS) is 13.0. The van der Waals surface area contributed by atoms with Gasteiger partial charge >= 0.3 is 0 Å². The molecule has 0 aliphatic heterocycles. The lowest BCUT2D eigenvalue weighted by Gasteiger charge is -2.32. The van der Waals surface area contributed by atoms with Crippen LogP contribution in [0, 0.1) is 0 Å². The molecular formula is C17H17BrCl2O. The van der Waals surface area contributed by atoms with E-state index in [1.54, 1.807) is 13.2 Å². The molecule has 0 saturated heterocycles. The Bertz CT molecular complexity index is 626. The molecule has 1 nitrogen and oxygen atoms in total. The van der Waals surface area contributed by atoms with E-state index >= 15 is 0 Å². The maximum Gasteiger partial charge on any atom is 0.138 e. The summed E-state index contributed by atoms with van der Waals surface area (Å²) in [7, 11) is 1.58. The van der Waals surface area contributed by atoms with Crippen LogP contribution in [0.2, 0.25) is 10.0 Å². The Morgan fingerprint density at radius 1 is 1.05 bits per heavy atom. The van der Waals surface area contributed by atoms with Gasteiger partial charge in [0.15, 0.2) is 0 Å². The number of hydrogen-bond acceptors (Lipinski definition) is 1. The molecule has 4 heteroatoms. The summed E-state index contributed by atoms with van der Waals surface area (Å²) in [6.45, 7) is 4.35. The molecule has 112 valence electrons. The van der Waals surface area contributed by atoms with Gasteiger partial charge in [-0.15, -0.1) is 0 Å². The molecule has 0 aliphatic rings. The van der Waals surface area contributed by atoms with Crippen molar-refractivity contribution in [1.82, 2.24) is 0 Å². The smallest absolute Gasteiger partial charge is 0.138 e. The highest BCUT2D eigenvalue weighted by Gasteiger charge is 2.32. The third-order valence-electron chi connectivity index (χ3n) is 3.70. The second kappa shape index (κ2) is 6.60. The molecule has 1 atom stereocenters. The van der Waals surface area contributed by atoms with E-state index in [1.807, 2.05) is 24.3 Å². The van der Waals surface area contributed by atoms with Gasteiger partial charge in [0.1, 0.15) is 5.75 Å². The maximum absolute atomic E-state index is 6.40. The number of alkyl halides is 1. The molecule has 0 aliphatic carbocycles. The first kappa shape index (κ1) is 16.7. The van der Waals surface area contributed by atoms with Crippen molar-refractivity contribution in [3.8, 4) is 5.75 Å². The fourth-order valence-corrected chi connectivity index (χ4v) is 3.58. The first-order chi connectivity index (χ1) is 9.87. The fraction of sp³-hybridized carbons (Fsp3) is 0.294. The number of halogens is 3. The van der Waals surface area contributed by atoms with Gasteiger partial charge in [0.25, 0.3) is 0 Å². The van der Waals surface area contributed by atoms with E-state index in [-0.39, 0.29) is 10.2 Å². The molecule has 0 spiro atoms. The second-order valence-electron chi connectivity index (χ2n) is 5.46. The zero-order chi connectivity index (χ0) is 15.6. The largest absolute Gasteiger partial charge is 0.495 e. The molecule has 1 unspecified atom stereocenters. The molecule has 0 radical (unpaired) electrons.